The maximum absolute atomic E-state index is 12.6. The Balaban J connectivity index is 1.63. The molecule has 5 rings (SSSR count). The molecule has 0 aliphatic carbocycles. The predicted octanol–water partition coefficient (Wildman–Crippen LogP) is 4.24. The van der Waals surface area contributed by atoms with Gasteiger partial charge in [0.2, 0.25) is 0 Å². The van der Waals surface area contributed by atoms with Gasteiger partial charge in [-0.25, -0.2) is 9.97 Å². The zero-order chi connectivity index (χ0) is 23.8. The third kappa shape index (κ3) is 4.16. The maximum atomic E-state index is 12.6. The largest absolute Gasteiger partial charge is 0.424 e. The van der Waals surface area contributed by atoms with E-state index >= 15 is 0 Å². The van der Waals surface area contributed by atoms with Crippen LogP contribution in [-0.2, 0) is 16.1 Å². The van der Waals surface area contributed by atoms with Crippen molar-refractivity contribution in [3.05, 3.63) is 36.3 Å². The topological polar surface area (TPSA) is 73.9 Å². The number of para-hydroxylation sites is 2. The first-order valence-corrected chi connectivity index (χ1v) is 12.3. The zero-order valence-corrected chi connectivity index (χ0v) is 20.5. The van der Waals surface area contributed by atoms with Gasteiger partial charge in [-0.2, -0.15) is 0 Å². The van der Waals surface area contributed by atoms with Crippen LogP contribution < -0.4 is 4.74 Å². The quantitative estimate of drug-likeness (QED) is 0.382. The van der Waals surface area contributed by atoms with Crippen LogP contribution in [0, 0.1) is 5.92 Å². The lowest BCUT2D eigenvalue weighted by molar-refractivity contribution is -0.137. The van der Waals surface area contributed by atoms with Crippen molar-refractivity contribution in [2.24, 2.45) is 5.92 Å². The molecule has 0 unspecified atom stereocenters. The maximum Gasteiger partial charge on any atom is 0.313 e. The average molecular weight is 464 g/mol. The number of hydrogen-bond acceptors (Lipinski definition) is 6. The summed E-state index contributed by atoms with van der Waals surface area (Å²) in [5.41, 5.74) is 3.52. The van der Waals surface area contributed by atoms with Crippen LogP contribution in [-0.4, -0.2) is 62.7 Å². The number of carbonyl (C=O) groups is 1. The van der Waals surface area contributed by atoms with Crippen molar-refractivity contribution in [1.29, 1.82) is 0 Å². The summed E-state index contributed by atoms with van der Waals surface area (Å²) < 4.78 is 15.6. The highest BCUT2D eigenvalue weighted by molar-refractivity contribution is 6.01. The number of aryl methyl sites for hydroxylation is 1. The first-order valence-electron chi connectivity index (χ1n) is 12.3. The molecule has 0 radical (unpaired) electrons. The molecule has 8 nitrogen and oxygen atoms in total. The van der Waals surface area contributed by atoms with Gasteiger partial charge >= 0.3 is 5.97 Å². The monoisotopic (exact) mass is 463 g/mol. The zero-order valence-electron chi connectivity index (χ0n) is 20.5. The number of aromatic nitrogens is 4. The van der Waals surface area contributed by atoms with Crippen LogP contribution >= 0.6 is 0 Å². The third-order valence-corrected chi connectivity index (χ3v) is 6.42. The molecule has 1 aliphatic rings. The van der Waals surface area contributed by atoms with Gasteiger partial charge in [-0.05, 0) is 18.6 Å². The molecular weight excluding hydrogens is 430 g/mol. The number of benzene rings is 1. The minimum Gasteiger partial charge on any atom is -0.424 e. The van der Waals surface area contributed by atoms with Gasteiger partial charge in [0.1, 0.15) is 16.9 Å². The van der Waals surface area contributed by atoms with E-state index in [0.717, 1.165) is 79.4 Å². The summed E-state index contributed by atoms with van der Waals surface area (Å²) in [6.45, 7) is 13.3. The predicted molar refractivity (Wildman–Crippen MR) is 132 cm³/mol. The molecule has 0 amide bonds. The van der Waals surface area contributed by atoms with E-state index in [9.17, 15) is 4.79 Å². The number of nitrogens with zero attached hydrogens (tertiary/aromatic N) is 5. The smallest absolute Gasteiger partial charge is 0.313 e. The van der Waals surface area contributed by atoms with Gasteiger partial charge in [0, 0.05) is 38.3 Å². The van der Waals surface area contributed by atoms with E-state index in [2.05, 4.69) is 33.8 Å². The molecule has 0 N–H and O–H groups in total. The molecule has 3 aromatic heterocycles. The Kier molecular flexibility index (Phi) is 6.27. The molecule has 1 aliphatic heterocycles. The SMILES string of the molecule is CC(C)C(=O)Oc1cn(CCCN2CCOCC2)c2nc(C(C)C)n3c4ccccc4nc3c12. The summed E-state index contributed by atoms with van der Waals surface area (Å²) >= 11 is 0. The number of carbonyl (C=O) groups excluding carboxylic acids is 1. The van der Waals surface area contributed by atoms with Crippen LogP contribution in [0.1, 0.15) is 45.9 Å². The standard InChI is InChI=1S/C26H33N5O3/c1-17(2)23-28-24-22(25-27-19-8-5-6-9-20(19)31(23)25)21(34-26(32)18(3)4)16-30(24)11-7-10-29-12-14-33-15-13-29/h5-6,8-9,16-18H,7,10-15H2,1-4H3. The number of imidazole rings is 1. The summed E-state index contributed by atoms with van der Waals surface area (Å²) in [6, 6.07) is 8.08. The molecule has 1 saturated heterocycles. The second kappa shape index (κ2) is 9.35. The minimum absolute atomic E-state index is 0.197. The molecule has 1 aromatic carbocycles. The first kappa shape index (κ1) is 22.8. The van der Waals surface area contributed by atoms with E-state index in [4.69, 9.17) is 19.4 Å². The molecule has 8 heteroatoms. The van der Waals surface area contributed by atoms with Crippen molar-refractivity contribution < 1.29 is 14.3 Å². The van der Waals surface area contributed by atoms with Gasteiger partial charge in [0.15, 0.2) is 11.4 Å². The average Bonchev–Trinajstić information content (AvgIpc) is 3.37. The normalized spacial score (nSPS) is 15.4. The molecule has 0 spiro atoms. The summed E-state index contributed by atoms with van der Waals surface area (Å²) in [5, 5.41) is 0.793. The number of esters is 1. The summed E-state index contributed by atoms with van der Waals surface area (Å²) in [7, 11) is 0. The number of rotatable bonds is 7. The van der Waals surface area contributed by atoms with Crippen LogP contribution in [0.3, 0.4) is 0 Å². The highest BCUT2D eigenvalue weighted by Gasteiger charge is 2.24. The lowest BCUT2D eigenvalue weighted by Crippen LogP contribution is -2.37. The Hall–Kier alpha value is -2.97. The second-order valence-electron chi connectivity index (χ2n) is 9.65. The van der Waals surface area contributed by atoms with Crippen LogP contribution in [0.25, 0.3) is 27.7 Å². The molecule has 0 bridgehead atoms. The van der Waals surface area contributed by atoms with Crippen molar-refractivity contribution in [3.63, 3.8) is 0 Å². The number of fused-ring (bicyclic) bond motifs is 5. The van der Waals surface area contributed by atoms with Crippen LogP contribution in [0.5, 0.6) is 5.75 Å². The van der Waals surface area contributed by atoms with E-state index in [1.54, 1.807) is 0 Å². The highest BCUT2D eigenvalue weighted by Crippen LogP contribution is 2.35. The third-order valence-electron chi connectivity index (χ3n) is 6.42. The van der Waals surface area contributed by atoms with E-state index < -0.39 is 0 Å². The highest BCUT2D eigenvalue weighted by atomic mass is 16.5. The number of hydrogen-bond donors (Lipinski definition) is 0. The molecule has 180 valence electrons. The van der Waals surface area contributed by atoms with E-state index in [0.29, 0.717) is 5.75 Å². The molecular formula is C26H33N5O3. The number of ether oxygens (including phenoxy) is 2. The van der Waals surface area contributed by atoms with Crippen LogP contribution in [0.15, 0.2) is 30.5 Å². The van der Waals surface area contributed by atoms with Gasteiger partial charge in [0.05, 0.1) is 30.2 Å². The van der Waals surface area contributed by atoms with Gasteiger partial charge in [-0.1, -0.05) is 39.8 Å². The van der Waals surface area contributed by atoms with Gasteiger partial charge < -0.3 is 14.0 Å². The Morgan fingerprint density at radius 2 is 1.82 bits per heavy atom. The Labute approximate surface area is 199 Å². The van der Waals surface area contributed by atoms with Crippen molar-refractivity contribution in [3.8, 4) is 5.75 Å². The summed E-state index contributed by atoms with van der Waals surface area (Å²) in [5.74, 6) is 1.20. The Bertz CT molecular complexity index is 1330. The molecule has 4 heterocycles. The fourth-order valence-electron chi connectivity index (χ4n) is 4.59. The lowest BCUT2D eigenvalue weighted by atomic mass is 10.2. The summed E-state index contributed by atoms with van der Waals surface area (Å²) in [4.78, 5) is 25.1. The van der Waals surface area contributed by atoms with Gasteiger partial charge in [-0.15, -0.1) is 0 Å². The van der Waals surface area contributed by atoms with Crippen LogP contribution in [0.2, 0.25) is 0 Å². The molecule has 0 saturated carbocycles. The Morgan fingerprint density at radius 3 is 2.56 bits per heavy atom. The van der Waals surface area contributed by atoms with Crippen molar-refractivity contribution >= 4 is 33.7 Å². The molecule has 4 aromatic rings. The second-order valence-corrected chi connectivity index (χ2v) is 9.65. The van der Waals surface area contributed by atoms with Crippen LogP contribution in [0.4, 0.5) is 0 Å². The van der Waals surface area contributed by atoms with E-state index in [1.807, 2.05) is 38.2 Å². The van der Waals surface area contributed by atoms with Crippen molar-refractivity contribution in [2.75, 3.05) is 32.8 Å². The lowest BCUT2D eigenvalue weighted by Gasteiger charge is -2.26. The fourth-order valence-corrected chi connectivity index (χ4v) is 4.59. The van der Waals surface area contributed by atoms with Gasteiger partial charge in [-0.3, -0.25) is 14.1 Å². The van der Waals surface area contributed by atoms with Crippen molar-refractivity contribution in [2.45, 2.75) is 46.6 Å². The molecule has 1 fully saturated rings. The fraction of sp³-hybridized carbons (Fsp3) is 0.500. The minimum atomic E-state index is -0.255. The van der Waals surface area contributed by atoms with Gasteiger partial charge in [0.25, 0.3) is 0 Å². The Morgan fingerprint density at radius 1 is 1.06 bits per heavy atom. The van der Waals surface area contributed by atoms with E-state index in [-0.39, 0.29) is 17.8 Å². The van der Waals surface area contributed by atoms with E-state index in [1.165, 1.54) is 0 Å². The molecule has 34 heavy (non-hydrogen) atoms. The summed E-state index contributed by atoms with van der Waals surface area (Å²) in [6.07, 6.45) is 2.91. The van der Waals surface area contributed by atoms with Crippen molar-refractivity contribution in [1.82, 2.24) is 23.8 Å². The number of morpholine rings is 1. The molecule has 0 atom stereocenters. The first-order chi connectivity index (χ1) is 16.4.